The Labute approximate surface area is 111 Å². The standard InChI is InChI=1S/C8H12ClN3O4S2/c1-10-17(13,14)5-4-12-18(15,16)7-2-3-11-8(9)6-7/h2-3,6,10,12H,4-5H2,1H3. The lowest BCUT2D eigenvalue weighted by atomic mass is 10.5. The third kappa shape index (κ3) is 4.50. The molecule has 1 rings (SSSR count). The van der Waals surface area contributed by atoms with Gasteiger partial charge in [-0.25, -0.2) is 31.3 Å². The van der Waals surface area contributed by atoms with Crippen LogP contribution in [0.3, 0.4) is 0 Å². The van der Waals surface area contributed by atoms with E-state index in [1.807, 2.05) is 0 Å². The lowest BCUT2D eigenvalue weighted by Crippen LogP contribution is -2.33. The Kier molecular flexibility index (Phi) is 5.05. The second-order valence-electron chi connectivity index (χ2n) is 3.24. The molecular weight excluding hydrogens is 302 g/mol. The zero-order chi connectivity index (χ0) is 13.8. The van der Waals surface area contributed by atoms with Gasteiger partial charge in [-0.2, -0.15) is 0 Å². The predicted octanol–water partition coefficient (Wildman–Crippen LogP) is -0.437. The molecule has 0 fully saturated rings. The van der Waals surface area contributed by atoms with Crippen molar-refractivity contribution in [2.75, 3.05) is 19.3 Å². The number of pyridine rings is 1. The molecule has 0 radical (unpaired) electrons. The van der Waals surface area contributed by atoms with E-state index in [9.17, 15) is 16.8 Å². The van der Waals surface area contributed by atoms with Gasteiger partial charge in [0.2, 0.25) is 20.0 Å². The Morgan fingerprint density at radius 2 is 2.00 bits per heavy atom. The number of rotatable bonds is 6. The largest absolute Gasteiger partial charge is 0.244 e. The summed E-state index contributed by atoms with van der Waals surface area (Å²) in [5, 5.41) is 0.0423. The SMILES string of the molecule is CNS(=O)(=O)CCNS(=O)(=O)c1ccnc(Cl)c1. The van der Waals surface area contributed by atoms with Crippen LogP contribution in [0.2, 0.25) is 5.15 Å². The average Bonchev–Trinajstić information content (AvgIpc) is 2.28. The lowest BCUT2D eigenvalue weighted by Gasteiger charge is -2.06. The molecule has 2 N–H and O–H groups in total. The molecule has 0 atom stereocenters. The van der Waals surface area contributed by atoms with Gasteiger partial charge < -0.3 is 0 Å². The van der Waals surface area contributed by atoms with Crippen molar-refractivity contribution >= 4 is 31.6 Å². The van der Waals surface area contributed by atoms with Crippen molar-refractivity contribution in [2.45, 2.75) is 4.90 Å². The normalized spacial score (nSPS) is 12.6. The molecule has 0 spiro atoms. The van der Waals surface area contributed by atoms with E-state index in [0.29, 0.717) is 0 Å². The minimum absolute atomic E-state index is 0.0423. The van der Waals surface area contributed by atoms with Crippen LogP contribution in [0.25, 0.3) is 0 Å². The maximum absolute atomic E-state index is 11.7. The topological polar surface area (TPSA) is 105 Å². The molecule has 18 heavy (non-hydrogen) atoms. The molecule has 0 aliphatic heterocycles. The van der Waals surface area contributed by atoms with Crippen LogP contribution in [-0.4, -0.2) is 41.2 Å². The first-order chi connectivity index (χ1) is 8.27. The molecule has 1 aromatic rings. The summed E-state index contributed by atoms with van der Waals surface area (Å²) in [7, 11) is -5.97. The molecule has 0 aromatic carbocycles. The van der Waals surface area contributed by atoms with Crippen LogP contribution < -0.4 is 9.44 Å². The van der Waals surface area contributed by atoms with Crippen molar-refractivity contribution in [1.29, 1.82) is 0 Å². The molecule has 0 aliphatic rings. The Morgan fingerprint density at radius 1 is 1.33 bits per heavy atom. The summed E-state index contributed by atoms with van der Waals surface area (Å²) in [5.41, 5.74) is 0. The van der Waals surface area contributed by atoms with Gasteiger partial charge in [0.1, 0.15) is 5.15 Å². The molecule has 0 aliphatic carbocycles. The number of halogens is 1. The molecule has 0 bridgehead atoms. The van der Waals surface area contributed by atoms with E-state index in [2.05, 4.69) is 14.4 Å². The van der Waals surface area contributed by atoms with Crippen LogP contribution in [0, 0.1) is 0 Å². The molecule has 1 aromatic heterocycles. The summed E-state index contributed by atoms with van der Waals surface area (Å²) in [6.07, 6.45) is 1.25. The second kappa shape index (κ2) is 5.93. The van der Waals surface area contributed by atoms with Crippen molar-refractivity contribution in [2.24, 2.45) is 0 Å². The summed E-state index contributed by atoms with van der Waals surface area (Å²) in [6.45, 7) is -0.231. The van der Waals surface area contributed by atoms with Gasteiger partial charge in [0.25, 0.3) is 0 Å². The van der Waals surface area contributed by atoms with Gasteiger partial charge in [0.15, 0.2) is 0 Å². The Morgan fingerprint density at radius 3 is 2.56 bits per heavy atom. The van der Waals surface area contributed by atoms with E-state index in [0.717, 1.165) is 0 Å². The van der Waals surface area contributed by atoms with Crippen molar-refractivity contribution < 1.29 is 16.8 Å². The zero-order valence-electron chi connectivity index (χ0n) is 9.42. The second-order valence-corrected chi connectivity index (χ2v) is 7.44. The van der Waals surface area contributed by atoms with E-state index >= 15 is 0 Å². The van der Waals surface area contributed by atoms with E-state index in [-0.39, 0.29) is 22.3 Å². The number of hydrogen-bond acceptors (Lipinski definition) is 5. The monoisotopic (exact) mass is 313 g/mol. The minimum atomic E-state index is -3.78. The van der Waals surface area contributed by atoms with E-state index in [1.54, 1.807) is 0 Å². The first-order valence-corrected chi connectivity index (χ1v) is 8.30. The van der Waals surface area contributed by atoms with E-state index < -0.39 is 20.0 Å². The smallest absolute Gasteiger partial charge is 0.240 e. The van der Waals surface area contributed by atoms with E-state index in [4.69, 9.17) is 11.6 Å². The van der Waals surface area contributed by atoms with Crippen LogP contribution in [0.15, 0.2) is 23.2 Å². The van der Waals surface area contributed by atoms with Crippen molar-refractivity contribution in [3.05, 3.63) is 23.5 Å². The fraction of sp³-hybridized carbons (Fsp3) is 0.375. The number of nitrogens with zero attached hydrogens (tertiary/aromatic N) is 1. The van der Waals surface area contributed by atoms with Gasteiger partial charge in [-0.3, -0.25) is 0 Å². The van der Waals surface area contributed by atoms with Crippen LogP contribution in [0.5, 0.6) is 0 Å². The Hall–Kier alpha value is -0.740. The maximum Gasteiger partial charge on any atom is 0.240 e. The van der Waals surface area contributed by atoms with E-state index in [1.165, 1.54) is 25.4 Å². The molecule has 0 saturated heterocycles. The van der Waals surface area contributed by atoms with Crippen LogP contribution in [-0.2, 0) is 20.0 Å². The third-order valence-corrected chi connectivity index (χ3v) is 5.01. The Bertz CT molecular complexity index is 615. The highest BCUT2D eigenvalue weighted by molar-refractivity contribution is 7.90. The number of hydrogen-bond donors (Lipinski definition) is 2. The highest BCUT2D eigenvalue weighted by Gasteiger charge is 2.15. The fourth-order valence-corrected chi connectivity index (χ4v) is 3.03. The number of nitrogens with one attached hydrogen (secondary N) is 2. The van der Waals surface area contributed by atoms with Crippen molar-refractivity contribution in [3.63, 3.8) is 0 Å². The first kappa shape index (κ1) is 15.3. The predicted molar refractivity (Wildman–Crippen MR) is 67.3 cm³/mol. The summed E-state index contributed by atoms with van der Waals surface area (Å²) < 4.78 is 49.9. The summed E-state index contributed by atoms with van der Waals surface area (Å²) in [4.78, 5) is 3.59. The molecule has 0 amide bonds. The van der Waals surface area contributed by atoms with Gasteiger partial charge >= 0.3 is 0 Å². The van der Waals surface area contributed by atoms with Gasteiger partial charge in [0, 0.05) is 12.7 Å². The first-order valence-electron chi connectivity index (χ1n) is 4.79. The van der Waals surface area contributed by atoms with Crippen LogP contribution >= 0.6 is 11.6 Å². The minimum Gasteiger partial charge on any atom is -0.244 e. The van der Waals surface area contributed by atoms with Gasteiger partial charge in [-0.1, -0.05) is 11.6 Å². The molecule has 0 unspecified atom stereocenters. The lowest BCUT2D eigenvalue weighted by molar-refractivity contribution is 0.578. The zero-order valence-corrected chi connectivity index (χ0v) is 11.8. The molecule has 0 saturated carbocycles. The van der Waals surface area contributed by atoms with Crippen LogP contribution in [0.1, 0.15) is 0 Å². The quantitative estimate of drug-likeness (QED) is 0.693. The maximum atomic E-state index is 11.7. The van der Waals surface area contributed by atoms with Gasteiger partial charge in [-0.05, 0) is 19.2 Å². The summed E-state index contributed by atoms with van der Waals surface area (Å²) in [5.74, 6) is -0.346. The fourth-order valence-electron chi connectivity index (χ4n) is 1.05. The molecule has 10 heteroatoms. The molecule has 7 nitrogen and oxygen atoms in total. The van der Waals surface area contributed by atoms with Gasteiger partial charge in [-0.15, -0.1) is 0 Å². The highest BCUT2D eigenvalue weighted by atomic mass is 35.5. The molecule has 1 heterocycles. The summed E-state index contributed by atoms with van der Waals surface area (Å²) in [6, 6.07) is 2.44. The number of sulfonamides is 2. The highest BCUT2D eigenvalue weighted by Crippen LogP contribution is 2.12. The van der Waals surface area contributed by atoms with Crippen molar-refractivity contribution in [1.82, 2.24) is 14.4 Å². The Balaban J connectivity index is 2.72. The van der Waals surface area contributed by atoms with Gasteiger partial charge in [0.05, 0.1) is 10.6 Å². The average molecular weight is 314 g/mol. The van der Waals surface area contributed by atoms with Crippen LogP contribution in [0.4, 0.5) is 0 Å². The van der Waals surface area contributed by atoms with Crippen molar-refractivity contribution in [3.8, 4) is 0 Å². The molecule has 102 valence electrons. The molecular formula is C8H12ClN3O4S2. The third-order valence-electron chi connectivity index (χ3n) is 1.98. The summed E-state index contributed by atoms with van der Waals surface area (Å²) >= 11 is 5.57. The number of aromatic nitrogens is 1.